The van der Waals surface area contributed by atoms with E-state index in [4.69, 9.17) is 10.8 Å². The van der Waals surface area contributed by atoms with Gasteiger partial charge in [-0.25, -0.2) is 4.79 Å². The van der Waals surface area contributed by atoms with Crippen molar-refractivity contribution in [2.24, 2.45) is 7.05 Å². The Morgan fingerprint density at radius 2 is 2.33 bits per heavy atom. The Balaban J connectivity index is 2.08. The highest BCUT2D eigenvalue weighted by Crippen LogP contribution is 2.20. The molecule has 6 heteroatoms. The molecule has 0 fully saturated rings. The second kappa shape index (κ2) is 4.79. The molecular formula is C12H14N4O2. The molecule has 0 spiro atoms. The van der Waals surface area contributed by atoms with Crippen LogP contribution in [0.15, 0.2) is 30.6 Å². The van der Waals surface area contributed by atoms with Crippen molar-refractivity contribution in [1.29, 1.82) is 0 Å². The number of nitrogens with two attached hydrogens (primary N) is 1. The molecule has 6 nitrogen and oxygen atoms in total. The van der Waals surface area contributed by atoms with Gasteiger partial charge in [0.25, 0.3) is 0 Å². The number of aromatic carboxylic acids is 1. The van der Waals surface area contributed by atoms with Crippen LogP contribution in [0, 0.1) is 0 Å². The Labute approximate surface area is 104 Å². The number of aryl methyl sites for hydroxylation is 1. The van der Waals surface area contributed by atoms with Gasteiger partial charge in [-0.05, 0) is 18.2 Å². The van der Waals surface area contributed by atoms with Gasteiger partial charge in [0.15, 0.2) is 0 Å². The first kappa shape index (κ1) is 12.0. The lowest BCUT2D eigenvalue weighted by atomic mass is 10.1. The van der Waals surface area contributed by atoms with Crippen LogP contribution in [0.25, 0.3) is 0 Å². The fourth-order valence-corrected chi connectivity index (χ4v) is 1.62. The van der Waals surface area contributed by atoms with Crippen molar-refractivity contribution in [3.05, 3.63) is 41.7 Å². The minimum absolute atomic E-state index is 0.180. The second-order valence-corrected chi connectivity index (χ2v) is 3.98. The van der Waals surface area contributed by atoms with Crippen molar-refractivity contribution in [1.82, 2.24) is 9.78 Å². The normalized spacial score (nSPS) is 10.3. The van der Waals surface area contributed by atoms with Crippen molar-refractivity contribution in [2.75, 3.05) is 11.1 Å². The third-order valence-electron chi connectivity index (χ3n) is 2.54. The van der Waals surface area contributed by atoms with Crippen LogP contribution in [0.4, 0.5) is 11.4 Å². The van der Waals surface area contributed by atoms with Crippen LogP contribution in [0.3, 0.4) is 0 Å². The largest absolute Gasteiger partial charge is 0.478 e. The number of nitrogens with one attached hydrogen (secondary N) is 1. The molecule has 2 rings (SSSR count). The van der Waals surface area contributed by atoms with Crippen LogP contribution in [0.2, 0.25) is 0 Å². The summed E-state index contributed by atoms with van der Waals surface area (Å²) in [6.45, 7) is 0.588. The summed E-state index contributed by atoms with van der Waals surface area (Å²) in [6, 6.07) is 4.62. The summed E-state index contributed by atoms with van der Waals surface area (Å²) >= 11 is 0. The minimum Gasteiger partial charge on any atom is -0.478 e. The fourth-order valence-electron chi connectivity index (χ4n) is 1.62. The summed E-state index contributed by atoms with van der Waals surface area (Å²) in [4.78, 5) is 10.8. The molecule has 94 valence electrons. The van der Waals surface area contributed by atoms with Crippen LogP contribution >= 0.6 is 0 Å². The van der Waals surface area contributed by atoms with Gasteiger partial charge in [0.2, 0.25) is 0 Å². The summed E-state index contributed by atoms with van der Waals surface area (Å²) in [5.41, 5.74) is 8.12. The van der Waals surface area contributed by atoms with Crippen molar-refractivity contribution in [2.45, 2.75) is 6.54 Å². The van der Waals surface area contributed by atoms with Crippen molar-refractivity contribution in [3.63, 3.8) is 0 Å². The Morgan fingerprint density at radius 1 is 1.56 bits per heavy atom. The summed E-state index contributed by atoms with van der Waals surface area (Å²) in [5, 5.41) is 16.0. The van der Waals surface area contributed by atoms with Crippen LogP contribution in [-0.4, -0.2) is 20.9 Å². The van der Waals surface area contributed by atoms with Gasteiger partial charge in [-0.2, -0.15) is 5.10 Å². The number of aromatic nitrogens is 2. The number of nitrogens with zero attached hydrogens (tertiary/aromatic N) is 2. The van der Waals surface area contributed by atoms with Gasteiger partial charge in [-0.1, -0.05) is 0 Å². The monoisotopic (exact) mass is 246 g/mol. The first-order valence-electron chi connectivity index (χ1n) is 5.40. The number of carboxylic acids is 1. The molecule has 0 radical (unpaired) electrons. The molecule has 0 saturated carbocycles. The highest BCUT2D eigenvalue weighted by molar-refractivity contribution is 5.90. The van der Waals surface area contributed by atoms with Crippen LogP contribution in [0.1, 0.15) is 15.9 Å². The number of anilines is 2. The third-order valence-corrected chi connectivity index (χ3v) is 2.54. The van der Waals surface area contributed by atoms with E-state index in [1.165, 1.54) is 12.1 Å². The Kier molecular flexibility index (Phi) is 3.18. The molecule has 0 aliphatic heterocycles. The van der Waals surface area contributed by atoms with E-state index < -0.39 is 5.97 Å². The maximum atomic E-state index is 10.8. The zero-order valence-corrected chi connectivity index (χ0v) is 9.92. The second-order valence-electron chi connectivity index (χ2n) is 3.98. The smallest absolute Gasteiger partial charge is 0.335 e. The van der Waals surface area contributed by atoms with E-state index >= 15 is 0 Å². The zero-order chi connectivity index (χ0) is 13.1. The van der Waals surface area contributed by atoms with Gasteiger partial charge in [0.05, 0.1) is 23.1 Å². The topological polar surface area (TPSA) is 93.2 Å². The molecule has 0 unspecified atom stereocenters. The van der Waals surface area contributed by atoms with E-state index in [2.05, 4.69) is 10.4 Å². The van der Waals surface area contributed by atoms with Gasteiger partial charge in [-0.15, -0.1) is 0 Å². The first-order chi connectivity index (χ1) is 8.56. The summed E-state index contributed by atoms with van der Waals surface area (Å²) in [5.74, 6) is -0.986. The lowest BCUT2D eigenvalue weighted by molar-refractivity contribution is 0.0697. The van der Waals surface area contributed by atoms with E-state index in [1.54, 1.807) is 16.9 Å². The maximum Gasteiger partial charge on any atom is 0.335 e. The van der Waals surface area contributed by atoms with E-state index in [0.717, 1.165) is 5.56 Å². The molecule has 4 N–H and O–H groups in total. The van der Waals surface area contributed by atoms with Crippen molar-refractivity contribution < 1.29 is 9.90 Å². The van der Waals surface area contributed by atoms with E-state index in [-0.39, 0.29) is 5.56 Å². The predicted octanol–water partition coefficient (Wildman–Crippen LogP) is 1.31. The Hall–Kier alpha value is -2.50. The number of hydrogen-bond acceptors (Lipinski definition) is 4. The van der Waals surface area contributed by atoms with Crippen LogP contribution in [-0.2, 0) is 13.6 Å². The molecule has 0 amide bonds. The van der Waals surface area contributed by atoms with Crippen LogP contribution in [0.5, 0.6) is 0 Å². The number of hydrogen-bond donors (Lipinski definition) is 3. The van der Waals surface area contributed by atoms with E-state index in [9.17, 15) is 4.79 Å². The molecule has 0 atom stereocenters. The number of benzene rings is 1. The molecule has 0 aliphatic rings. The molecule has 1 aromatic heterocycles. The van der Waals surface area contributed by atoms with E-state index in [0.29, 0.717) is 17.9 Å². The summed E-state index contributed by atoms with van der Waals surface area (Å²) in [7, 11) is 1.85. The lowest BCUT2D eigenvalue weighted by Crippen LogP contribution is -2.04. The number of rotatable bonds is 4. The molecule has 0 aliphatic carbocycles. The molecule has 1 heterocycles. The minimum atomic E-state index is -0.986. The molecular weight excluding hydrogens is 232 g/mol. The molecule has 0 bridgehead atoms. The number of carboxylic acid groups (broad SMARTS) is 1. The quantitative estimate of drug-likeness (QED) is 0.707. The SMILES string of the molecule is Cn1cc(CNc2ccc(C(=O)O)cc2N)cn1. The maximum absolute atomic E-state index is 10.8. The average Bonchev–Trinajstić information content (AvgIpc) is 2.73. The average molecular weight is 246 g/mol. The lowest BCUT2D eigenvalue weighted by Gasteiger charge is -2.08. The summed E-state index contributed by atoms with van der Waals surface area (Å²) < 4.78 is 1.72. The molecule has 2 aromatic rings. The van der Waals surface area contributed by atoms with Crippen molar-refractivity contribution >= 4 is 17.3 Å². The van der Waals surface area contributed by atoms with Gasteiger partial charge in [-0.3, -0.25) is 4.68 Å². The Bertz CT molecular complexity index is 577. The third kappa shape index (κ3) is 2.60. The van der Waals surface area contributed by atoms with Gasteiger partial charge < -0.3 is 16.2 Å². The first-order valence-corrected chi connectivity index (χ1v) is 5.40. The molecule has 0 saturated heterocycles. The number of carbonyl (C=O) groups is 1. The Morgan fingerprint density at radius 3 is 2.89 bits per heavy atom. The molecule has 18 heavy (non-hydrogen) atoms. The standard InChI is InChI=1S/C12H14N4O2/c1-16-7-8(6-15-16)5-14-11-3-2-9(12(17)18)4-10(11)13/h2-4,6-7,14H,5,13H2,1H3,(H,17,18). The highest BCUT2D eigenvalue weighted by atomic mass is 16.4. The summed E-state index contributed by atoms with van der Waals surface area (Å²) in [6.07, 6.45) is 3.66. The predicted molar refractivity (Wildman–Crippen MR) is 68.3 cm³/mol. The fraction of sp³-hybridized carbons (Fsp3) is 0.167. The van der Waals surface area contributed by atoms with Gasteiger partial charge >= 0.3 is 5.97 Å². The number of nitrogen functional groups attached to an aromatic ring is 1. The highest BCUT2D eigenvalue weighted by Gasteiger charge is 2.06. The van der Waals surface area contributed by atoms with Crippen molar-refractivity contribution in [3.8, 4) is 0 Å². The van der Waals surface area contributed by atoms with Gasteiger partial charge in [0.1, 0.15) is 0 Å². The van der Waals surface area contributed by atoms with Crippen LogP contribution < -0.4 is 11.1 Å². The van der Waals surface area contributed by atoms with E-state index in [1.807, 2.05) is 13.2 Å². The molecule has 1 aromatic carbocycles. The zero-order valence-electron chi connectivity index (χ0n) is 9.92. The van der Waals surface area contributed by atoms with Gasteiger partial charge in [0, 0.05) is 25.4 Å².